The first-order valence-electron chi connectivity index (χ1n) is 2.43. The van der Waals surface area contributed by atoms with E-state index in [4.69, 9.17) is 11.6 Å². The lowest BCUT2D eigenvalue weighted by atomic mass is 10.2. The quantitative estimate of drug-likeness (QED) is 0.525. The Morgan fingerprint density at radius 1 is 1.67 bits per heavy atom. The van der Waals surface area contributed by atoms with Crippen LogP contribution < -0.4 is 0 Å². The van der Waals surface area contributed by atoms with Gasteiger partial charge in [-0.25, -0.2) is 4.39 Å². The Morgan fingerprint density at radius 3 is 2.22 bits per heavy atom. The lowest BCUT2D eigenvalue weighted by Crippen LogP contribution is -1.76. The van der Waals surface area contributed by atoms with Gasteiger partial charge in [0.1, 0.15) is 5.83 Å². The van der Waals surface area contributed by atoms with Gasteiger partial charge in [0.25, 0.3) is 0 Å². The summed E-state index contributed by atoms with van der Waals surface area (Å²) in [5.41, 5.74) is 0.340. The van der Waals surface area contributed by atoms with Gasteiger partial charge in [-0.05, 0) is 6.92 Å². The molecule has 9 heavy (non-hydrogen) atoms. The first kappa shape index (κ1) is 8.44. The average molecular weight is 147 g/mol. The summed E-state index contributed by atoms with van der Waals surface area (Å²) in [5.74, 6) is -0.514. The summed E-state index contributed by atoms with van der Waals surface area (Å²) < 4.78 is 12.1. The lowest BCUT2D eigenvalue weighted by molar-refractivity contribution is 0.655. The highest BCUT2D eigenvalue weighted by molar-refractivity contribution is 6.31. The van der Waals surface area contributed by atoms with Gasteiger partial charge in [0.05, 0.1) is 0 Å². The summed E-state index contributed by atoms with van der Waals surface area (Å²) in [6.07, 6.45) is 1.38. The molecule has 50 valence electrons. The molecule has 0 unspecified atom stereocenters. The Morgan fingerprint density at radius 2 is 2.11 bits per heavy atom. The van der Waals surface area contributed by atoms with Crippen LogP contribution in [0.25, 0.3) is 0 Å². The predicted octanol–water partition coefficient (Wildman–Crippen LogP) is 3.17. The molecule has 0 atom stereocenters. The van der Waals surface area contributed by atoms with Crippen LogP contribution >= 0.6 is 11.6 Å². The van der Waals surface area contributed by atoms with E-state index >= 15 is 0 Å². The molecule has 0 saturated carbocycles. The summed E-state index contributed by atoms with van der Waals surface area (Å²) in [7, 11) is 0. The molecule has 0 spiro atoms. The fourth-order valence-corrected chi connectivity index (χ4v) is 0.385. The highest BCUT2D eigenvalue weighted by Gasteiger charge is 1.97. The molecule has 0 nitrogen and oxygen atoms in total. The van der Waals surface area contributed by atoms with Crippen LogP contribution in [-0.4, -0.2) is 0 Å². The molecule has 0 fully saturated rings. The molecule has 0 aliphatic heterocycles. The molecule has 0 aromatic heterocycles. The molecule has 0 aliphatic rings. The van der Waals surface area contributed by atoms with Crippen molar-refractivity contribution in [3.63, 3.8) is 0 Å². The lowest BCUT2D eigenvalue weighted by Gasteiger charge is -1.94. The van der Waals surface area contributed by atoms with Crippen LogP contribution in [0, 0.1) is 0 Å². The van der Waals surface area contributed by atoms with E-state index in [2.05, 4.69) is 13.2 Å². The number of rotatable bonds is 2. The van der Waals surface area contributed by atoms with E-state index in [-0.39, 0.29) is 0 Å². The van der Waals surface area contributed by atoms with Crippen LogP contribution in [0.3, 0.4) is 0 Å². The fourth-order valence-electron chi connectivity index (χ4n) is 0.283. The third kappa shape index (κ3) is 2.47. The molecule has 0 radical (unpaired) electrons. The van der Waals surface area contributed by atoms with E-state index < -0.39 is 5.83 Å². The van der Waals surface area contributed by atoms with Gasteiger partial charge in [0.2, 0.25) is 0 Å². The molecular formula is C7H8ClF. The van der Waals surface area contributed by atoms with Crippen molar-refractivity contribution in [1.29, 1.82) is 0 Å². The average Bonchev–Trinajstić information content (AvgIpc) is 1.84. The molecule has 0 aliphatic carbocycles. The van der Waals surface area contributed by atoms with Gasteiger partial charge in [-0.2, -0.15) is 0 Å². The van der Waals surface area contributed by atoms with Crippen molar-refractivity contribution in [3.05, 3.63) is 35.7 Å². The SMILES string of the molecule is C=C/C(Cl)=C(/C)C(=C)F. The molecule has 0 saturated heterocycles. The maximum absolute atomic E-state index is 12.1. The van der Waals surface area contributed by atoms with Gasteiger partial charge in [-0.1, -0.05) is 30.8 Å². The van der Waals surface area contributed by atoms with Crippen LogP contribution in [0.15, 0.2) is 35.7 Å². The summed E-state index contributed by atoms with van der Waals surface area (Å²) in [6, 6.07) is 0. The largest absolute Gasteiger partial charge is 0.207 e. The zero-order valence-electron chi connectivity index (χ0n) is 5.25. The Hall–Kier alpha value is -0.560. The predicted molar refractivity (Wildman–Crippen MR) is 39.0 cm³/mol. The smallest absolute Gasteiger partial charge is 0.120 e. The Bertz CT molecular complexity index is 168. The monoisotopic (exact) mass is 146 g/mol. The van der Waals surface area contributed by atoms with Crippen LogP contribution in [0.5, 0.6) is 0 Å². The Balaban J connectivity index is 4.47. The molecule has 0 aromatic carbocycles. The second-order valence-electron chi connectivity index (χ2n) is 1.58. The molecule has 0 heterocycles. The standard InChI is InChI=1S/C7H8ClF/c1-4-7(8)5(2)6(3)9/h4H,1,3H2,2H3/b7-5+. The van der Waals surface area contributed by atoms with E-state index in [0.29, 0.717) is 10.6 Å². The molecule has 0 rings (SSSR count). The number of hydrogen-bond donors (Lipinski definition) is 0. The molecule has 0 amide bonds. The topological polar surface area (TPSA) is 0 Å². The van der Waals surface area contributed by atoms with Gasteiger partial charge < -0.3 is 0 Å². The van der Waals surface area contributed by atoms with Gasteiger partial charge in [-0.15, -0.1) is 0 Å². The first-order valence-corrected chi connectivity index (χ1v) is 2.81. The van der Waals surface area contributed by atoms with Crippen molar-refractivity contribution in [3.8, 4) is 0 Å². The maximum Gasteiger partial charge on any atom is 0.120 e. The third-order valence-corrected chi connectivity index (χ3v) is 1.38. The van der Waals surface area contributed by atoms with Crippen LogP contribution in [-0.2, 0) is 0 Å². The maximum atomic E-state index is 12.1. The Labute approximate surface area is 59.3 Å². The second-order valence-corrected chi connectivity index (χ2v) is 1.99. The highest BCUT2D eigenvalue weighted by Crippen LogP contribution is 2.16. The normalized spacial score (nSPS) is 12.3. The molecular weight excluding hydrogens is 139 g/mol. The zero-order chi connectivity index (χ0) is 7.44. The second kappa shape index (κ2) is 3.46. The van der Waals surface area contributed by atoms with Crippen molar-refractivity contribution in [2.75, 3.05) is 0 Å². The van der Waals surface area contributed by atoms with Gasteiger partial charge in [0.15, 0.2) is 0 Å². The van der Waals surface area contributed by atoms with E-state index in [1.165, 1.54) is 6.08 Å². The molecule has 0 N–H and O–H groups in total. The van der Waals surface area contributed by atoms with Crippen molar-refractivity contribution in [2.24, 2.45) is 0 Å². The van der Waals surface area contributed by atoms with Crippen LogP contribution in [0.1, 0.15) is 6.92 Å². The number of hydrogen-bond acceptors (Lipinski definition) is 0. The zero-order valence-corrected chi connectivity index (χ0v) is 6.00. The van der Waals surface area contributed by atoms with Crippen molar-refractivity contribution >= 4 is 11.6 Å². The van der Waals surface area contributed by atoms with Crippen LogP contribution in [0.2, 0.25) is 0 Å². The summed E-state index contributed by atoms with van der Waals surface area (Å²) in [5, 5.41) is 0.308. The minimum Gasteiger partial charge on any atom is -0.207 e. The van der Waals surface area contributed by atoms with E-state index in [0.717, 1.165) is 0 Å². The van der Waals surface area contributed by atoms with Crippen LogP contribution in [0.4, 0.5) is 4.39 Å². The molecule has 0 aromatic rings. The minimum absolute atomic E-state index is 0.308. The molecule has 2 heteroatoms. The summed E-state index contributed by atoms with van der Waals surface area (Å²) in [6.45, 7) is 7.98. The summed E-state index contributed by atoms with van der Waals surface area (Å²) in [4.78, 5) is 0. The van der Waals surface area contributed by atoms with Crippen molar-refractivity contribution in [2.45, 2.75) is 6.92 Å². The molecule has 0 bridgehead atoms. The Kier molecular flexibility index (Phi) is 3.25. The van der Waals surface area contributed by atoms with E-state index in [9.17, 15) is 4.39 Å². The van der Waals surface area contributed by atoms with E-state index in [1.54, 1.807) is 6.92 Å². The minimum atomic E-state index is -0.514. The summed E-state index contributed by atoms with van der Waals surface area (Å²) >= 11 is 5.47. The van der Waals surface area contributed by atoms with Crippen molar-refractivity contribution < 1.29 is 4.39 Å². The highest BCUT2D eigenvalue weighted by atomic mass is 35.5. The number of allylic oxidation sites excluding steroid dienone is 4. The number of halogens is 2. The van der Waals surface area contributed by atoms with Gasteiger partial charge in [-0.3, -0.25) is 0 Å². The van der Waals surface area contributed by atoms with Gasteiger partial charge >= 0.3 is 0 Å². The van der Waals surface area contributed by atoms with Gasteiger partial charge in [0, 0.05) is 10.6 Å². The fraction of sp³-hybridized carbons (Fsp3) is 0.143. The van der Waals surface area contributed by atoms with E-state index in [1.807, 2.05) is 0 Å². The third-order valence-electron chi connectivity index (χ3n) is 0.944. The first-order chi connectivity index (χ1) is 4.09. The van der Waals surface area contributed by atoms with Crippen molar-refractivity contribution in [1.82, 2.24) is 0 Å².